The molecule has 1 amide bonds. The van der Waals surface area contributed by atoms with Gasteiger partial charge in [-0.3, -0.25) is 9.69 Å². The molecule has 2 aliphatic heterocycles. The third-order valence-electron chi connectivity index (χ3n) is 5.37. The van der Waals surface area contributed by atoms with Crippen LogP contribution in [-0.4, -0.2) is 48.1 Å². The summed E-state index contributed by atoms with van der Waals surface area (Å²) in [5.74, 6) is 1.71. The summed E-state index contributed by atoms with van der Waals surface area (Å²) in [6.07, 6.45) is 3.50. The summed E-state index contributed by atoms with van der Waals surface area (Å²) in [7, 11) is 0. The fourth-order valence-corrected chi connectivity index (χ4v) is 4.46. The molecule has 0 unspecified atom stereocenters. The molecule has 5 nitrogen and oxygen atoms in total. The molecule has 0 aromatic carbocycles. The van der Waals surface area contributed by atoms with Gasteiger partial charge >= 0.3 is 0 Å². The maximum Gasteiger partial charge on any atom is 0.223 e. The van der Waals surface area contributed by atoms with Crippen molar-refractivity contribution >= 4 is 17.2 Å². The number of ether oxygens (including phenoxy) is 1. The molecule has 4 rings (SSSR count). The molecule has 3 fully saturated rings. The number of thiazole rings is 1. The third-order valence-corrected chi connectivity index (χ3v) is 6.19. The van der Waals surface area contributed by atoms with E-state index in [2.05, 4.69) is 27.5 Å². The number of likely N-dealkylation sites (tertiary alicyclic amines) is 1. The van der Waals surface area contributed by atoms with Crippen molar-refractivity contribution in [2.24, 2.45) is 17.8 Å². The number of carbonyl (C=O) groups is 1. The van der Waals surface area contributed by atoms with E-state index in [1.54, 1.807) is 11.3 Å². The van der Waals surface area contributed by atoms with Gasteiger partial charge in [-0.15, -0.1) is 11.3 Å². The minimum absolute atomic E-state index is 0.183. The molecular weight excluding hydrogens is 310 g/mol. The van der Waals surface area contributed by atoms with E-state index in [-0.39, 0.29) is 17.9 Å². The van der Waals surface area contributed by atoms with Crippen molar-refractivity contribution < 1.29 is 9.53 Å². The van der Waals surface area contributed by atoms with Crippen LogP contribution in [0.5, 0.6) is 0 Å². The summed E-state index contributed by atoms with van der Waals surface area (Å²) in [6.45, 7) is 6.73. The Morgan fingerprint density at radius 3 is 3.09 bits per heavy atom. The number of hydrogen-bond donors (Lipinski definition) is 1. The van der Waals surface area contributed by atoms with Crippen molar-refractivity contribution in [2.75, 3.05) is 26.2 Å². The van der Waals surface area contributed by atoms with Crippen LogP contribution in [0.15, 0.2) is 5.38 Å². The first-order valence-corrected chi connectivity index (χ1v) is 9.59. The Balaban J connectivity index is 1.32. The maximum atomic E-state index is 11.8. The van der Waals surface area contributed by atoms with Gasteiger partial charge in [-0.2, -0.15) is 0 Å². The maximum absolute atomic E-state index is 11.8. The zero-order valence-electron chi connectivity index (χ0n) is 13.7. The van der Waals surface area contributed by atoms with Crippen molar-refractivity contribution in [3.63, 3.8) is 0 Å². The van der Waals surface area contributed by atoms with Crippen LogP contribution in [0.2, 0.25) is 0 Å². The lowest BCUT2D eigenvalue weighted by molar-refractivity contribution is -0.122. The number of aromatic nitrogens is 1. The first-order valence-electron chi connectivity index (χ1n) is 8.71. The number of hydrogen-bond acceptors (Lipinski definition) is 5. The van der Waals surface area contributed by atoms with Gasteiger partial charge in [0.1, 0.15) is 0 Å². The van der Waals surface area contributed by atoms with Crippen molar-refractivity contribution in [1.29, 1.82) is 0 Å². The van der Waals surface area contributed by atoms with E-state index in [1.165, 1.54) is 12.1 Å². The first kappa shape index (κ1) is 15.5. The van der Waals surface area contributed by atoms with Crippen LogP contribution in [0.4, 0.5) is 0 Å². The third kappa shape index (κ3) is 3.59. The van der Waals surface area contributed by atoms with Crippen molar-refractivity contribution in [1.82, 2.24) is 15.2 Å². The van der Waals surface area contributed by atoms with Crippen molar-refractivity contribution in [2.45, 2.75) is 38.8 Å². The topological polar surface area (TPSA) is 54.5 Å². The lowest BCUT2D eigenvalue weighted by Gasteiger charge is -2.35. The Kier molecular flexibility index (Phi) is 4.39. The predicted molar refractivity (Wildman–Crippen MR) is 89.2 cm³/mol. The van der Waals surface area contributed by atoms with Crippen molar-refractivity contribution in [3.8, 4) is 0 Å². The highest BCUT2D eigenvalue weighted by molar-refractivity contribution is 7.09. The van der Waals surface area contributed by atoms with E-state index in [0.29, 0.717) is 18.4 Å². The molecule has 3 aliphatic rings. The minimum atomic E-state index is 0.183. The number of fused-ring (bicyclic) bond motifs is 1. The van der Waals surface area contributed by atoms with E-state index in [0.717, 1.165) is 44.1 Å². The molecule has 0 bridgehead atoms. The largest absolute Gasteiger partial charge is 0.376 e. The molecule has 126 valence electrons. The Hall–Kier alpha value is -0.980. The number of amides is 1. The molecule has 6 heteroatoms. The minimum Gasteiger partial charge on any atom is -0.376 e. The predicted octanol–water partition coefficient (Wildman–Crippen LogP) is 1.81. The van der Waals surface area contributed by atoms with E-state index in [1.807, 2.05) is 0 Å². The molecule has 1 aromatic heterocycles. The van der Waals surface area contributed by atoms with Gasteiger partial charge in [0.2, 0.25) is 5.91 Å². The summed E-state index contributed by atoms with van der Waals surface area (Å²) in [5, 5.41) is 6.40. The van der Waals surface area contributed by atoms with Gasteiger partial charge in [-0.05, 0) is 38.6 Å². The first-order chi connectivity index (χ1) is 11.2. The smallest absolute Gasteiger partial charge is 0.223 e. The summed E-state index contributed by atoms with van der Waals surface area (Å²) >= 11 is 1.72. The number of rotatable bonds is 5. The van der Waals surface area contributed by atoms with E-state index < -0.39 is 0 Å². The molecule has 0 radical (unpaired) electrons. The highest BCUT2D eigenvalue weighted by Crippen LogP contribution is 2.35. The fraction of sp³-hybridized carbons (Fsp3) is 0.765. The highest BCUT2D eigenvalue weighted by Gasteiger charge is 2.41. The number of nitrogens with zero attached hydrogens (tertiary/aromatic N) is 2. The fourth-order valence-electron chi connectivity index (χ4n) is 3.85. The Labute approximate surface area is 141 Å². The summed E-state index contributed by atoms with van der Waals surface area (Å²) in [4.78, 5) is 18.9. The lowest BCUT2D eigenvalue weighted by Crippen LogP contribution is -2.45. The molecule has 1 aromatic rings. The van der Waals surface area contributed by atoms with Crippen LogP contribution in [0, 0.1) is 24.7 Å². The van der Waals surface area contributed by atoms with Crippen LogP contribution < -0.4 is 5.32 Å². The van der Waals surface area contributed by atoms with Crippen LogP contribution in [0.3, 0.4) is 0 Å². The van der Waals surface area contributed by atoms with Gasteiger partial charge < -0.3 is 10.1 Å². The summed E-state index contributed by atoms with van der Waals surface area (Å²) in [6, 6.07) is 0. The van der Waals surface area contributed by atoms with Gasteiger partial charge in [0.15, 0.2) is 0 Å². The monoisotopic (exact) mass is 335 g/mol. The quantitative estimate of drug-likeness (QED) is 0.892. The average Bonchev–Trinajstić information content (AvgIpc) is 3.21. The zero-order valence-corrected chi connectivity index (χ0v) is 14.5. The number of carbonyl (C=O) groups excluding carboxylic acids is 1. The van der Waals surface area contributed by atoms with Crippen LogP contribution in [0.1, 0.15) is 30.0 Å². The molecule has 3 atom stereocenters. The van der Waals surface area contributed by atoms with Crippen LogP contribution >= 0.6 is 11.3 Å². The molecule has 2 saturated heterocycles. The van der Waals surface area contributed by atoms with Gasteiger partial charge in [-0.25, -0.2) is 4.98 Å². The van der Waals surface area contributed by atoms with E-state index in [4.69, 9.17) is 4.74 Å². The molecule has 1 aliphatic carbocycles. The number of aryl methyl sites for hydroxylation is 1. The standard InChI is InChI=1S/C17H25N3O2S/c1-11-19-14(10-23-11)7-20-5-4-13-9-22-16(15(13)8-20)6-18-17(21)12-2-3-12/h10,12-13,15-16H,2-9H2,1H3,(H,18,21)/t13-,15-,16+/m1/s1. The molecule has 3 heterocycles. The summed E-state index contributed by atoms with van der Waals surface area (Å²) in [5.41, 5.74) is 1.18. The Morgan fingerprint density at radius 2 is 2.35 bits per heavy atom. The Morgan fingerprint density at radius 1 is 1.48 bits per heavy atom. The zero-order chi connectivity index (χ0) is 15.8. The van der Waals surface area contributed by atoms with Gasteiger partial charge in [0.05, 0.1) is 23.4 Å². The molecule has 23 heavy (non-hydrogen) atoms. The second kappa shape index (κ2) is 6.49. The summed E-state index contributed by atoms with van der Waals surface area (Å²) < 4.78 is 6.00. The SMILES string of the molecule is Cc1nc(CN2CC[C@@H]3CO[C@@H](CNC(=O)C4CC4)[C@@H]3C2)cs1. The van der Waals surface area contributed by atoms with Gasteiger partial charge in [-0.1, -0.05) is 0 Å². The Bertz CT molecular complexity index is 572. The lowest BCUT2D eigenvalue weighted by atomic mass is 9.84. The van der Waals surface area contributed by atoms with Crippen molar-refractivity contribution in [3.05, 3.63) is 16.1 Å². The second-order valence-electron chi connectivity index (χ2n) is 7.20. The molecule has 1 N–H and O–H groups in total. The number of nitrogens with one attached hydrogen (secondary N) is 1. The molecule has 0 spiro atoms. The second-order valence-corrected chi connectivity index (χ2v) is 8.26. The number of piperidine rings is 1. The van der Waals surface area contributed by atoms with E-state index in [9.17, 15) is 4.79 Å². The normalized spacial score (nSPS) is 31.1. The molecular formula is C17H25N3O2S. The van der Waals surface area contributed by atoms with Gasteiger partial charge in [0, 0.05) is 36.9 Å². The van der Waals surface area contributed by atoms with E-state index >= 15 is 0 Å². The van der Waals surface area contributed by atoms with Crippen LogP contribution in [-0.2, 0) is 16.1 Å². The highest BCUT2D eigenvalue weighted by atomic mass is 32.1. The van der Waals surface area contributed by atoms with Crippen LogP contribution in [0.25, 0.3) is 0 Å². The van der Waals surface area contributed by atoms with Gasteiger partial charge in [0.25, 0.3) is 0 Å². The average molecular weight is 335 g/mol. The molecule has 1 saturated carbocycles.